The first kappa shape index (κ1) is 27.1. The molecule has 2 aliphatic heterocycles. The first-order chi connectivity index (χ1) is 20.1. The summed E-state index contributed by atoms with van der Waals surface area (Å²) in [4.78, 5) is 18.0. The highest BCUT2D eigenvalue weighted by molar-refractivity contribution is 8.10. The van der Waals surface area contributed by atoms with Crippen molar-refractivity contribution in [2.45, 2.75) is 12.7 Å². The van der Waals surface area contributed by atoms with Gasteiger partial charge in [0.15, 0.2) is 0 Å². The van der Waals surface area contributed by atoms with E-state index >= 15 is 0 Å². The molecule has 0 aliphatic carbocycles. The molecule has 1 saturated heterocycles. The number of piperazine rings is 1. The molecule has 2 heterocycles. The average Bonchev–Trinajstić information content (AvgIpc) is 3.43. The van der Waals surface area contributed by atoms with Gasteiger partial charge in [-0.2, -0.15) is 0 Å². The van der Waals surface area contributed by atoms with E-state index in [2.05, 4.69) is 62.6 Å². The van der Waals surface area contributed by atoms with E-state index in [0.717, 1.165) is 54.5 Å². The summed E-state index contributed by atoms with van der Waals surface area (Å²) in [5.74, 6) is 0.863. The molecular weight excluding hydrogens is 532 g/mol. The lowest BCUT2D eigenvalue weighted by Crippen LogP contribution is -2.53. The number of anilines is 1. The number of rotatable bonds is 8. The van der Waals surface area contributed by atoms with Crippen molar-refractivity contribution < 1.29 is 9.66 Å². The predicted molar refractivity (Wildman–Crippen MR) is 166 cm³/mol. The van der Waals surface area contributed by atoms with Crippen LogP contribution in [0.15, 0.2) is 109 Å². The molecule has 0 aromatic heterocycles. The molecule has 7 nitrogen and oxygen atoms in total. The van der Waals surface area contributed by atoms with Crippen LogP contribution >= 0.6 is 11.9 Å². The maximum absolute atomic E-state index is 12.1. The smallest absolute Gasteiger partial charge is 0.293 e. The van der Waals surface area contributed by atoms with Crippen molar-refractivity contribution in [3.63, 3.8) is 0 Å². The summed E-state index contributed by atoms with van der Waals surface area (Å²) >= 11 is 1.60. The van der Waals surface area contributed by atoms with E-state index in [1.807, 2.05) is 48.5 Å². The highest BCUT2D eigenvalue weighted by Gasteiger charge is 2.42. The Morgan fingerprint density at radius 2 is 1.41 bits per heavy atom. The van der Waals surface area contributed by atoms with Gasteiger partial charge in [-0.1, -0.05) is 84.9 Å². The lowest BCUT2D eigenvalue weighted by molar-refractivity contribution is -0.384. The van der Waals surface area contributed by atoms with Crippen LogP contribution in [0, 0.1) is 10.1 Å². The zero-order valence-corrected chi connectivity index (χ0v) is 23.7. The second-order valence-electron chi connectivity index (χ2n) is 10.2. The number of nitrogens with zero attached hydrogens (tertiary/aromatic N) is 4. The van der Waals surface area contributed by atoms with Crippen molar-refractivity contribution in [2.24, 2.45) is 0 Å². The number of methoxy groups -OCH3 is 1. The molecule has 8 heteroatoms. The summed E-state index contributed by atoms with van der Waals surface area (Å²) < 4.78 is 7.47. The van der Waals surface area contributed by atoms with E-state index in [-0.39, 0.29) is 16.8 Å². The van der Waals surface area contributed by atoms with Gasteiger partial charge in [0.25, 0.3) is 5.69 Å². The van der Waals surface area contributed by atoms with Crippen molar-refractivity contribution in [3.05, 3.63) is 136 Å². The number of hydrogen-bond donors (Lipinski definition) is 0. The van der Waals surface area contributed by atoms with Crippen LogP contribution in [0.25, 0.3) is 10.5 Å². The molecule has 4 aromatic carbocycles. The van der Waals surface area contributed by atoms with Crippen LogP contribution < -0.4 is 9.04 Å². The number of nitro groups is 1. The highest BCUT2D eigenvalue weighted by atomic mass is 32.2. The van der Waals surface area contributed by atoms with E-state index in [4.69, 9.17) is 4.74 Å². The Balaban J connectivity index is 1.36. The van der Waals surface area contributed by atoms with E-state index in [1.165, 1.54) is 11.1 Å². The van der Waals surface area contributed by atoms with Crippen LogP contribution in [0.2, 0.25) is 0 Å². The van der Waals surface area contributed by atoms with Crippen LogP contribution in [0.5, 0.6) is 5.75 Å². The first-order valence-electron chi connectivity index (χ1n) is 13.8. The Morgan fingerprint density at radius 3 is 2.05 bits per heavy atom. The molecule has 1 unspecified atom stereocenters. The van der Waals surface area contributed by atoms with Crippen LogP contribution in [-0.2, 0) is 6.54 Å². The molecule has 6 rings (SSSR count). The Morgan fingerprint density at radius 1 is 0.805 bits per heavy atom. The van der Waals surface area contributed by atoms with Gasteiger partial charge in [0.05, 0.1) is 12.0 Å². The van der Waals surface area contributed by atoms with Gasteiger partial charge in [-0.25, -0.2) is 0 Å². The fraction of sp³-hybridized carbons (Fsp3) is 0.212. The van der Waals surface area contributed by atoms with Gasteiger partial charge < -0.3 is 4.74 Å². The molecule has 2 aliphatic rings. The summed E-state index contributed by atoms with van der Waals surface area (Å²) in [5, 5.41) is 12.1. The predicted octanol–water partition coefficient (Wildman–Crippen LogP) is 6.78. The van der Waals surface area contributed by atoms with Gasteiger partial charge in [0, 0.05) is 49.3 Å². The van der Waals surface area contributed by atoms with E-state index in [1.54, 1.807) is 31.2 Å². The minimum absolute atomic E-state index is 0.116. The zero-order chi connectivity index (χ0) is 28.2. The molecule has 0 bridgehead atoms. The van der Waals surface area contributed by atoms with Gasteiger partial charge in [-0.3, -0.25) is 24.2 Å². The molecule has 0 radical (unpaired) electrons. The van der Waals surface area contributed by atoms with Gasteiger partial charge in [-0.05, 0) is 46.8 Å². The molecule has 4 aromatic rings. The zero-order valence-electron chi connectivity index (χ0n) is 22.9. The number of hydrogen-bond acceptors (Lipinski definition) is 7. The largest absolute Gasteiger partial charge is 0.497 e. The third-order valence-corrected chi connectivity index (χ3v) is 8.90. The van der Waals surface area contributed by atoms with Gasteiger partial charge in [-0.15, -0.1) is 0 Å². The summed E-state index contributed by atoms with van der Waals surface area (Å²) in [7, 11) is 1.68. The molecule has 0 amide bonds. The van der Waals surface area contributed by atoms with Crippen LogP contribution in [0.4, 0.5) is 11.4 Å². The first-order valence-corrected chi connectivity index (χ1v) is 14.5. The molecule has 0 saturated carbocycles. The van der Waals surface area contributed by atoms with Crippen molar-refractivity contribution in [1.82, 2.24) is 9.80 Å². The third-order valence-electron chi connectivity index (χ3n) is 7.67. The van der Waals surface area contributed by atoms with E-state index < -0.39 is 0 Å². The second kappa shape index (κ2) is 12.2. The Kier molecular flexibility index (Phi) is 8.04. The number of nitro benzene ring substituents is 1. The average molecular weight is 565 g/mol. The van der Waals surface area contributed by atoms with Gasteiger partial charge in [0.1, 0.15) is 17.6 Å². The maximum Gasteiger partial charge on any atom is 0.293 e. The van der Waals surface area contributed by atoms with E-state index in [0.29, 0.717) is 5.69 Å². The minimum Gasteiger partial charge on any atom is -0.497 e. The topological polar surface area (TPSA) is 62.1 Å². The van der Waals surface area contributed by atoms with Crippen LogP contribution in [-0.4, -0.2) is 54.2 Å². The summed E-state index contributed by atoms with van der Waals surface area (Å²) in [6, 6.07) is 36.2. The maximum atomic E-state index is 12.1. The number of ether oxygens (including phenoxy) is 1. The van der Waals surface area contributed by atoms with Crippen molar-refractivity contribution >= 4 is 33.8 Å². The molecule has 0 spiro atoms. The summed E-state index contributed by atoms with van der Waals surface area (Å²) in [6.45, 7) is 4.37. The number of benzene rings is 4. The van der Waals surface area contributed by atoms with Gasteiger partial charge >= 0.3 is 0 Å². The normalized spacial score (nSPS) is 18.1. The second-order valence-corrected chi connectivity index (χ2v) is 11.2. The fourth-order valence-corrected chi connectivity index (χ4v) is 6.95. The quantitative estimate of drug-likeness (QED) is 0.133. The molecule has 41 heavy (non-hydrogen) atoms. The number of para-hydroxylation sites is 2. The third kappa shape index (κ3) is 5.72. The Labute approximate surface area is 244 Å². The molecule has 208 valence electrons. The van der Waals surface area contributed by atoms with Gasteiger partial charge in [0.2, 0.25) is 0 Å². The summed E-state index contributed by atoms with van der Waals surface area (Å²) in [6.07, 6.45) is -0.165. The molecular formula is C33H32N4O3S. The Hall–Kier alpha value is -4.11. The highest BCUT2D eigenvalue weighted by Crippen LogP contribution is 2.52. The fourth-order valence-electron chi connectivity index (χ4n) is 5.60. The van der Waals surface area contributed by atoms with Crippen molar-refractivity contribution in [1.29, 1.82) is 0 Å². The lowest BCUT2D eigenvalue weighted by Gasteiger charge is -2.42. The Bertz CT molecular complexity index is 1520. The monoisotopic (exact) mass is 564 g/mol. The SMILES string of the molecule is COc1ccc(CN2CCN(C3C(c4ccccc4)=C(c4ccccc4)SN3c3ccccc3[N+](=O)[O-])CC2)cc1. The van der Waals surface area contributed by atoms with Crippen molar-refractivity contribution in [3.8, 4) is 5.75 Å². The van der Waals surface area contributed by atoms with Crippen molar-refractivity contribution in [2.75, 3.05) is 37.6 Å². The lowest BCUT2D eigenvalue weighted by atomic mass is 9.98. The summed E-state index contributed by atoms with van der Waals surface area (Å²) in [5.41, 5.74) is 5.42. The van der Waals surface area contributed by atoms with E-state index in [9.17, 15) is 10.1 Å². The van der Waals surface area contributed by atoms with Crippen LogP contribution in [0.1, 0.15) is 16.7 Å². The minimum atomic E-state index is -0.275. The van der Waals surface area contributed by atoms with Crippen LogP contribution in [0.3, 0.4) is 0 Å². The molecule has 1 atom stereocenters. The standard InChI is InChI=1S/C33H32N4O3S/c1-40-28-18-16-25(17-19-28)24-34-20-22-35(23-21-34)33-31(26-10-4-2-5-11-26)32(27-12-6-3-7-13-27)41-36(33)29-14-8-9-15-30(29)37(38)39/h2-19,33H,20-24H2,1H3. The molecule has 0 N–H and O–H groups in total. The molecule has 1 fully saturated rings.